The predicted octanol–water partition coefficient (Wildman–Crippen LogP) is 3.25. The predicted molar refractivity (Wildman–Crippen MR) is 116 cm³/mol. The number of likely N-dealkylation sites (N-methyl/N-ethyl adjacent to an activating group) is 1. The van der Waals surface area contributed by atoms with Gasteiger partial charge < -0.3 is 9.80 Å². The fourth-order valence-corrected chi connectivity index (χ4v) is 4.70. The summed E-state index contributed by atoms with van der Waals surface area (Å²) in [7, 11) is -2.26. The maximum atomic E-state index is 13.0. The number of piperazine rings is 1. The van der Waals surface area contributed by atoms with Crippen LogP contribution in [0, 0.1) is 6.92 Å². The van der Waals surface area contributed by atoms with Gasteiger partial charge in [-0.3, -0.25) is 9.10 Å². The molecule has 3 rings (SSSR count). The summed E-state index contributed by atoms with van der Waals surface area (Å²) in [6.45, 7) is 7.86. The van der Waals surface area contributed by atoms with Crippen LogP contribution in [0.4, 0.5) is 5.69 Å². The lowest BCUT2D eigenvalue weighted by atomic mass is 10.1. The van der Waals surface area contributed by atoms with E-state index in [9.17, 15) is 13.2 Å². The quantitative estimate of drug-likeness (QED) is 0.723. The van der Waals surface area contributed by atoms with Crippen molar-refractivity contribution in [3.8, 4) is 0 Å². The molecule has 8 heteroatoms. The van der Waals surface area contributed by atoms with Crippen LogP contribution in [0.1, 0.15) is 22.8 Å². The number of hydrogen-bond donors (Lipinski definition) is 0. The third-order valence-electron chi connectivity index (χ3n) is 5.33. The number of amides is 1. The zero-order valence-electron chi connectivity index (χ0n) is 16.9. The summed E-state index contributed by atoms with van der Waals surface area (Å²) >= 11 is 6.29. The lowest BCUT2D eigenvalue weighted by Gasteiger charge is -2.34. The third kappa shape index (κ3) is 4.57. The van der Waals surface area contributed by atoms with Gasteiger partial charge in [0.25, 0.3) is 15.9 Å². The van der Waals surface area contributed by atoms with E-state index in [0.29, 0.717) is 29.4 Å². The summed E-state index contributed by atoms with van der Waals surface area (Å²) in [4.78, 5) is 17.3. The molecule has 0 N–H and O–H groups in total. The van der Waals surface area contributed by atoms with Gasteiger partial charge in [0, 0.05) is 33.2 Å². The van der Waals surface area contributed by atoms with Crippen LogP contribution in [0.15, 0.2) is 47.4 Å². The van der Waals surface area contributed by atoms with Crippen molar-refractivity contribution in [3.05, 3.63) is 58.6 Å². The molecule has 0 bridgehead atoms. The van der Waals surface area contributed by atoms with Crippen molar-refractivity contribution < 1.29 is 13.2 Å². The number of carbonyl (C=O) groups is 1. The molecule has 2 aromatic carbocycles. The lowest BCUT2D eigenvalue weighted by Crippen LogP contribution is -2.48. The maximum absolute atomic E-state index is 13.0. The molecular formula is C21H26ClN3O3S. The number of sulfonamides is 1. The molecule has 1 saturated heterocycles. The highest BCUT2D eigenvalue weighted by Gasteiger charge is 2.26. The number of hydrogen-bond acceptors (Lipinski definition) is 4. The Bertz CT molecular complexity index is 985. The van der Waals surface area contributed by atoms with Crippen molar-refractivity contribution in [1.29, 1.82) is 0 Å². The summed E-state index contributed by atoms with van der Waals surface area (Å²) < 4.78 is 27.1. The van der Waals surface area contributed by atoms with Gasteiger partial charge in [0.2, 0.25) is 0 Å². The van der Waals surface area contributed by atoms with Gasteiger partial charge in [-0.15, -0.1) is 0 Å². The van der Waals surface area contributed by atoms with Gasteiger partial charge in [-0.25, -0.2) is 8.42 Å². The van der Waals surface area contributed by atoms with Gasteiger partial charge in [0.15, 0.2) is 0 Å². The number of anilines is 1. The normalized spacial score (nSPS) is 15.4. The Morgan fingerprint density at radius 1 is 1.07 bits per heavy atom. The average Bonchev–Trinajstić information content (AvgIpc) is 2.73. The van der Waals surface area contributed by atoms with Crippen LogP contribution in [-0.2, 0) is 10.0 Å². The molecule has 1 amide bonds. The van der Waals surface area contributed by atoms with E-state index < -0.39 is 10.0 Å². The number of benzene rings is 2. The van der Waals surface area contributed by atoms with Crippen LogP contribution >= 0.6 is 11.6 Å². The minimum absolute atomic E-state index is 0.172. The zero-order chi connectivity index (χ0) is 21.2. The minimum Gasteiger partial charge on any atom is -0.336 e. The van der Waals surface area contributed by atoms with Gasteiger partial charge in [-0.05, 0) is 43.8 Å². The second-order valence-corrected chi connectivity index (χ2v) is 9.55. The molecular weight excluding hydrogens is 410 g/mol. The highest BCUT2D eigenvalue weighted by Crippen LogP contribution is 2.28. The highest BCUT2D eigenvalue weighted by atomic mass is 35.5. The van der Waals surface area contributed by atoms with Crippen molar-refractivity contribution >= 4 is 33.2 Å². The second-order valence-electron chi connectivity index (χ2n) is 7.18. The Balaban J connectivity index is 1.86. The minimum atomic E-state index is -3.74. The van der Waals surface area contributed by atoms with Crippen molar-refractivity contribution in [3.63, 3.8) is 0 Å². The standard InChI is InChI=1S/C21H26ClN3O3S/c1-4-24-11-13-25(14-12-24)21(26)19-15-17(7-10-20(19)22)23(3)29(27,28)18-8-5-16(2)6-9-18/h5-10,15H,4,11-14H2,1-3H3. The van der Waals surface area contributed by atoms with E-state index in [1.54, 1.807) is 47.4 Å². The highest BCUT2D eigenvalue weighted by molar-refractivity contribution is 7.92. The van der Waals surface area contributed by atoms with E-state index in [1.807, 2.05) is 6.92 Å². The molecule has 0 aromatic heterocycles. The van der Waals surface area contributed by atoms with Crippen LogP contribution in [0.3, 0.4) is 0 Å². The number of nitrogens with zero attached hydrogens (tertiary/aromatic N) is 3. The van der Waals surface area contributed by atoms with Crippen LogP contribution < -0.4 is 4.31 Å². The smallest absolute Gasteiger partial charge is 0.264 e. The van der Waals surface area contributed by atoms with Gasteiger partial charge in [0.1, 0.15) is 0 Å². The Morgan fingerprint density at radius 3 is 2.28 bits per heavy atom. The van der Waals surface area contributed by atoms with Crippen LogP contribution in [0.25, 0.3) is 0 Å². The van der Waals surface area contributed by atoms with E-state index in [1.165, 1.54) is 11.4 Å². The summed E-state index contributed by atoms with van der Waals surface area (Å²) in [5.41, 5.74) is 1.69. The van der Waals surface area contributed by atoms with E-state index in [-0.39, 0.29) is 10.8 Å². The number of rotatable bonds is 5. The first-order chi connectivity index (χ1) is 13.7. The summed E-state index contributed by atoms with van der Waals surface area (Å²) in [6.07, 6.45) is 0. The molecule has 0 aliphatic carbocycles. The molecule has 156 valence electrons. The number of carbonyl (C=O) groups excluding carboxylic acids is 1. The largest absolute Gasteiger partial charge is 0.336 e. The lowest BCUT2D eigenvalue weighted by molar-refractivity contribution is 0.0643. The van der Waals surface area contributed by atoms with Gasteiger partial charge in [-0.2, -0.15) is 0 Å². The SMILES string of the molecule is CCN1CCN(C(=O)c2cc(N(C)S(=O)(=O)c3ccc(C)cc3)ccc2Cl)CC1. The third-order valence-corrected chi connectivity index (χ3v) is 7.46. The van der Waals surface area contributed by atoms with Crippen molar-refractivity contribution in [2.24, 2.45) is 0 Å². The van der Waals surface area contributed by atoms with E-state index in [2.05, 4.69) is 11.8 Å². The topological polar surface area (TPSA) is 60.9 Å². The van der Waals surface area contributed by atoms with Crippen molar-refractivity contribution in [2.45, 2.75) is 18.7 Å². The van der Waals surface area contributed by atoms with Gasteiger partial charge >= 0.3 is 0 Å². The Kier molecular flexibility index (Phi) is 6.51. The van der Waals surface area contributed by atoms with Gasteiger partial charge in [-0.1, -0.05) is 36.2 Å². The first-order valence-corrected chi connectivity index (χ1v) is 11.4. The monoisotopic (exact) mass is 435 g/mol. The van der Waals surface area contributed by atoms with E-state index in [4.69, 9.17) is 11.6 Å². The molecule has 29 heavy (non-hydrogen) atoms. The zero-order valence-corrected chi connectivity index (χ0v) is 18.5. The number of halogens is 1. The molecule has 0 atom stereocenters. The summed E-state index contributed by atoms with van der Waals surface area (Å²) in [5.74, 6) is -0.172. The van der Waals surface area contributed by atoms with Crippen LogP contribution in [0.5, 0.6) is 0 Å². The Morgan fingerprint density at radius 2 is 1.69 bits per heavy atom. The molecule has 1 heterocycles. The molecule has 0 unspecified atom stereocenters. The Labute approximate surface area is 177 Å². The van der Waals surface area contributed by atoms with Crippen molar-refractivity contribution in [2.75, 3.05) is 44.1 Å². The fraction of sp³-hybridized carbons (Fsp3) is 0.381. The number of aryl methyl sites for hydroxylation is 1. The first kappa shape index (κ1) is 21.6. The average molecular weight is 436 g/mol. The van der Waals surface area contributed by atoms with Gasteiger partial charge in [0.05, 0.1) is 21.2 Å². The molecule has 2 aromatic rings. The summed E-state index contributed by atoms with van der Waals surface area (Å²) in [5, 5.41) is 0.317. The molecule has 0 spiro atoms. The van der Waals surface area contributed by atoms with Crippen LogP contribution in [-0.4, -0.2) is 63.9 Å². The van der Waals surface area contributed by atoms with E-state index in [0.717, 1.165) is 25.2 Å². The van der Waals surface area contributed by atoms with Crippen molar-refractivity contribution in [1.82, 2.24) is 9.80 Å². The second kappa shape index (κ2) is 8.73. The molecule has 0 saturated carbocycles. The maximum Gasteiger partial charge on any atom is 0.264 e. The molecule has 0 radical (unpaired) electrons. The molecule has 1 aliphatic rings. The van der Waals surface area contributed by atoms with E-state index >= 15 is 0 Å². The Hall–Kier alpha value is -2.09. The van der Waals surface area contributed by atoms with Crippen LogP contribution in [0.2, 0.25) is 5.02 Å². The molecule has 6 nitrogen and oxygen atoms in total. The molecule has 1 aliphatic heterocycles. The summed E-state index contributed by atoms with van der Waals surface area (Å²) in [6, 6.07) is 11.4. The first-order valence-electron chi connectivity index (χ1n) is 9.61. The molecule has 1 fully saturated rings. The fourth-order valence-electron chi connectivity index (χ4n) is 3.32.